The molecule has 2 rings (SSSR count). The minimum atomic E-state index is 0.0196. The molecule has 78 valence electrons. The third-order valence-electron chi connectivity index (χ3n) is 2.60. The first-order chi connectivity index (χ1) is 7.13. The van der Waals surface area contributed by atoms with Gasteiger partial charge in [0.05, 0.1) is 11.0 Å². The Morgan fingerprint density at radius 1 is 1.20 bits per heavy atom. The van der Waals surface area contributed by atoms with Gasteiger partial charge in [0.25, 0.3) is 5.56 Å². The van der Waals surface area contributed by atoms with Crippen molar-refractivity contribution in [2.75, 3.05) is 0 Å². The van der Waals surface area contributed by atoms with Gasteiger partial charge < -0.3 is 0 Å². The van der Waals surface area contributed by atoms with Crippen molar-refractivity contribution in [2.24, 2.45) is 7.05 Å². The van der Waals surface area contributed by atoms with Crippen molar-refractivity contribution in [3.8, 4) is 5.69 Å². The lowest BCUT2D eigenvalue weighted by Crippen LogP contribution is -2.24. The highest BCUT2D eigenvalue weighted by Crippen LogP contribution is 2.05. The zero-order chi connectivity index (χ0) is 11.0. The van der Waals surface area contributed by atoms with E-state index >= 15 is 0 Å². The van der Waals surface area contributed by atoms with E-state index in [1.807, 2.05) is 49.0 Å². The van der Waals surface area contributed by atoms with Crippen molar-refractivity contribution in [1.82, 2.24) is 9.36 Å². The van der Waals surface area contributed by atoms with E-state index in [0.717, 1.165) is 16.7 Å². The van der Waals surface area contributed by atoms with Crippen molar-refractivity contribution in [3.63, 3.8) is 0 Å². The summed E-state index contributed by atoms with van der Waals surface area (Å²) in [5.74, 6) is 0. The van der Waals surface area contributed by atoms with Crippen molar-refractivity contribution in [3.05, 3.63) is 46.4 Å². The molecule has 0 spiro atoms. The molecule has 0 aliphatic rings. The van der Waals surface area contributed by atoms with E-state index in [1.54, 1.807) is 4.68 Å². The van der Waals surface area contributed by atoms with Gasteiger partial charge in [0, 0.05) is 12.7 Å². The molecule has 1 atom stereocenters. The Balaban J connectivity index is 2.75. The van der Waals surface area contributed by atoms with Crippen LogP contribution in [0.5, 0.6) is 0 Å². The van der Waals surface area contributed by atoms with Gasteiger partial charge in [-0.1, -0.05) is 27.4 Å². The molecule has 1 unspecified atom stereocenters. The highest BCUT2D eigenvalue weighted by atomic mass is 31.0. The zero-order valence-electron chi connectivity index (χ0n) is 8.77. The molecule has 2 aromatic rings. The molecule has 4 heteroatoms. The Bertz CT molecular complexity index is 540. The highest BCUT2D eigenvalue weighted by molar-refractivity contribution is 7.27. The molecule has 0 amide bonds. The third kappa shape index (κ3) is 1.53. The van der Waals surface area contributed by atoms with Crippen molar-refractivity contribution >= 4 is 14.5 Å². The smallest absolute Gasteiger partial charge is 0.278 e. The normalized spacial score (nSPS) is 10.6. The Hall–Kier alpha value is -1.34. The van der Waals surface area contributed by atoms with Gasteiger partial charge in [0.2, 0.25) is 0 Å². The predicted octanol–water partition coefficient (Wildman–Crippen LogP) is 0.985. The fourth-order valence-corrected chi connectivity index (χ4v) is 1.90. The van der Waals surface area contributed by atoms with Gasteiger partial charge in [0.1, 0.15) is 0 Å². The van der Waals surface area contributed by atoms with Gasteiger partial charge in [-0.3, -0.25) is 9.48 Å². The molecule has 0 aliphatic heterocycles. The van der Waals surface area contributed by atoms with Crippen LogP contribution in [0.4, 0.5) is 0 Å². The summed E-state index contributed by atoms with van der Waals surface area (Å²) in [5.41, 5.74) is 1.88. The van der Waals surface area contributed by atoms with Crippen LogP contribution in [0.2, 0.25) is 0 Å². The monoisotopic (exact) mass is 220 g/mol. The summed E-state index contributed by atoms with van der Waals surface area (Å²) in [6.45, 7) is 1.93. The molecular weight excluding hydrogens is 207 g/mol. The van der Waals surface area contributed by atoms with Crippen LogP contribution in [0.1, 0.15) is 5.69 Å². The number of aromatic nitrogens is 2. The lowest BCUT2D eigenvalue weighted by Gasteiger charge is -2.07. The maximum Gasteiger partial charge on any atom is 0.278 e. The Labute approximate surface area is 90.5 Å². The second kappa shape index (κ2) is 3.67. The highest BCUT2D eigenvalue weighted by Gasteiger charge is 2.11. The number of para-hydroxylation sites is 1. The number of hydrogen-bond donors (Lipinski definition) is 0. The molecule has 1 heterocycles. The van der Waals surface area contributed by atoms with Gasteiger partial charge in [0.15, 0.2) is 0 Å². The van der Waals surface area contributed by atoms with Crippen molar-refractivity contribution < 1.29 is 0 Å². The second-order valence-corrected chi connectivity index (χ2v) is 4.05. The zero-order valence-corrected chi connectivity index (χ0v) is 9.92. The summed E-state index contributed by atoms with van der Waals surface area (Å²) in [4.78, 5) is 11.9. The number of benzene rings is 1. The van der Waals surface area contributed by atoms with E-state index in [1.165, 1.54) is 0 Å². The number of nitrogens with zero attached hydrogens (tertiary/aromatic N) is 2. The molecule has 0 saturated carbocycles. The van der Waals surface area contributed by atoms with E-state index in [0.29, 0.717) is 0 Å². The van der Waals surface area contributed by atoms with E-state index in [4.69, 9.17) is 0 Å². The molecule has 1 aromatic heterocycles. The van der Waals surface area contributed by atoms with Gasteiger partial charge in [-0.05, 0) is 19.1 Å². The maximum atomic E-state index is 11.9. The topological polar surface area (TPSA) is 26.9 Å². The molecule has 0 radical (unpaired) electrons. The minimum Gasteiger partial charge on any atom is -0.285 e. The van der Waals surface area contributed by atoms with E-state index in [9.17, 15) is 4.79 Å². The van der Waals surface area contributed by atoms with E-state index < -0.39 is 0 Å². The minimum absolute atomic E-state index is 0.0196. The molecule has 0 fully saturated rings. The van der Waals surface area contributed by atoms with Crippen LogP contribution in [0.25, 0.3) is 5.69 Å². The third-order valence-corrected chi connectivity index (χ3v) is 3.26. The van der Waals surface area contributed by atoms with Crippen molar-refractivity contribution in [2.45, 2.75) is 6.92 Å². The number of rotatable bonds is 1. The van der Waals surface area contributed by atoms with E-state index in [-0.39, 0.29) is 5.56 Å². The van der Waals surface area contributed by atoms with Gasteiger partial charge >= 0.3 is 0 Å². The SMILES string of the molecule is Cc1c(P)c(=O)n(-c2ccccc2)n1C. The van der Waals surface area contributed by atoms with E-state index in [2.05, 4.69) is 9.24 Å². The molecule has 0 bridgehead atoms. The summed E-state index contributed by atoms with van der Waals surface area (Å²) in [5, 5.41) is 0.723. The van der Waals surface area contributed by atoms with Crippen LogP contribution in [0.15, 0.2) is 35.1 Å². The fourth-order valence-electron chi connectivity index (χ4n) is 1.59. The summed E-state index contributed by atoms with van der Waals surface area (Å²) < 4.78 is 3.53. The van der Waals surface area contributed by atoms with Gasteiger partial charge in [-0.2, -0.15) is 0 Å². The Morgan fingerprint density at radius 3 is 2.27 bits per heavy atom. The van der Waals surface area contributed by atoms with Crippen LogP contribution < -0.4 is 10.9 Å². The first-order valence-electron chi connectivity index (χ1n) is 4.72. The Kier molecular flexibility index (Phi) is 2.49. The first kappa shape index (κ1) is 10.2. The quantitative estimate of drug-likeness (QED) is 0.658. The molecule has 15 heavy (non-hydrogen) atoms. The van der Waals surface area contributed by atoms with Crippen LogP contribution in [0.3, 0.4) is 0 Å². The Morgan fingerprint density at radius 2 is 1.80 bits per heavy atom. The molecule has 3 nitrogen and oxygen atoms in total. The summed E-state index contributed by atoms with van der Waals surface area (Å²) in [7, 11) is 4.38. The summed E-state index contributed by atoms with van der Waals surface area (Å²) in [6, 6.07) is 9.63. The second-order valence-electron chi connectivity index (χ2n) is 3.48. The van der Waals surface area contributed by atoms with Crippen molar-refractivity contribution in [1.29, 1.82) is 0 Å². The molecule has 0 N–H and O–H groups in total. The van der Waals surface area contributed by atoms with Crippen LogP contribution in [-0.4, -0.2) is 9.36 Å². The first-order valence-corrected chi connectivity index (χ1v) is 5.30. The maximum absolute atomic E-state index is 11.9. The molecular formula is C11H13N2OP. The summed E-state index contributed by atoms with van der Waals surface area (Å²) in [6.07, 6.45) is 0. The predicted molar refractivity (Wildman–Crippen MR) is 65.1 cm³/mol. The fraction of sp³-hybridized carbons (Fsp3) is 0.182. The van der Waals surface area contributed by atoms with Crippen LogP contribution in [-0.2, 0) is 7.05 Å². The average molecular weight is 220 g/mol. The van der Waals surface area contributed by atoms with Gasteiger partial charge in [-0.15, -0.1) is 0 Å². The van der Waals surface area contributed by atoms with Crippen LogP contribution >= 0.6 is 9.24 Å². The summed E-state index contributed by atoms with van der Waals surface area (Å²) >= 11 is 0. The standard InChI is InChI=1S/C11H13N2OP/c1-8-10(15)11(14)13(12(8)2)9-6-4-3-5-7-9/h3-7H,15H2,1-2H3. The lowest BCUT2D eigenvalue weighted by molar-refractivity contribution is 0.630. The molecule has 0 aliphatic carbocycles. The molecule has 0 saturated heterocycles. The van der Waals surface area contributed by atoms with Crippen LogP contribution in [0, 0.1) is 6.92 Å². The lowest BCUT2D eigenvalue weighted by atomic mass is 10.3. The average Bonchev–Trinajstić information content (AvgIpc) is 2.45. The largest absolute Gasteiger partial charge is 0.285 e. The number of hydrogen-bond acceptors (Lipinski definition) is 1. The van der Waals surface area contributed by atoms with Gasteiger partial charge in [-0.25, -0.2) is 4.68 Å². The molecule has 1 aromatic carbocycles.